The number of benzene rings is 2. The van der Waals surface area contributed by atoms with Crippen molar-refractivity contribution >= 4 is 16.8 Å². The molecular formula is C24H19N. The highest BCUT2D eigenvalue weighted by Gasteiger charge is 2.24. The van der Waals surface area contributed by atoms with Crippen LogP contribution < -0.4 is 5.32 Å². The van der Waals surface area contributed by atoms with Gasteiger partial charge in [-0.1, -0.05) is 66.8 Å². The Morgan fingerprint density at radius 3 is 2.48 bits per heavy atom. The summed E-state index contributed by atoms with van der Waals surface area (Å²) in [5, 5.41) is 3.41. The fourth-order valence-electron chi connectivity index (χ4n) is 4.04. The maximum Gasteiger partial charge on any atom is 0.0456 e. The fraction of sp³-hybridized carbons (Fsp3) is 0.0833. The van der Waals surface area contributed by atoms with Gasteiger partial charge in [0.15, 0.2) is 0 Å². The smallest absolute Gasteiger partial charge is 0.0456 e. The predicted octanol–water partition coefficient (Wildman–Crippen LogP) is 5.28. The van der Waals surface area contributed by atoms with E-state index in [2.05, 4.69) is 72.1 Å². The van der Waals surface area contributed by atoms with Gasteiger partial charge in [0.05, 0.1) is 0 Å². The van der Waals surface area contributed by atoms with Gasteiger partial charge in [0.25, 0.3) is 0 Å². The zero-order chi connectivity index (χ0) is 16.6. The second-order valence-corrected chi connectivity index (χ2v) is 6.60. The standard InChI is InChI=1S/C24H19N/c1-2-11-24(25-16-5-1)23-10-6-9-19-21-13-12-17-7-3-4-8-18(17)20(21)14-15-22(19)23/h1-11,13-14,16,25H,12,15H2. The third-order valence-electron chi connectivity index (χ3n) is 5.21. The summed E-state index contributed by atoms with van der Waals surface area (Å²) in [5.41, 5.74) is 10.9. The first-order valence-electron chi connectivity index (χ1n) is 8.83. The molecule has 0 unspecified atom stereocenters. The number of hydrogen-bond acceptors (Lipinski definition) is 1. The number of fused-ring (bicyclic) bond motifs is 5. The molecule has 0 radical (unpaired) electrons. The van der Waals surface area contributed by atoms with E-state index in [1.165, 1.54) is 39.0 Å². The minimum Gasteiger partial charge on any atom is -0.361 e. The fourth-order valence-corrected chi connectivity index (χ4v) is 4.04. The average molecular weight is 321 g/mol. The predicted molar refractivity (Wildman–Crippen MR) is 106 cm³/mol. The van der Waals surface area contributed by atoms with Crippen molar-refractivity contribution < 1.29 is 0 Å². The Hall–Kier alpha value is -3.06. The second kappa shape index (κ2) is 5.78. The summed E-state index contributed by atoms with van der Waals surface area (Å²) in [6.45, 7) is 0. The normalized spacial score (nSPS) is 17.2. The highest BCUT2D eigenvalue weighted by molar-refractivity contribution is 6.09. The first-order chi connectivity index (χ1) is 12.4. The number of hydrogen-bond donors (Lipinski definition) is 1. The van der Waals surface area contributed by atoms with E-state index in [-0.39, 0.29) is 0 Å². The van der Waals surface area contributed by atoms with Crippen molar-refractivity contribution in [3.8, 4) is 0 Å². The minimum absolute atomic E-state index is 0.971. The van der Waals surface area contributed by atoms with E-state index in [0.717, 1.165) is 18.5 Å². The van der Waals surface area contributed by atoms with E-state index in [1.807, 2.05) is 18.4 Å². The van der Waals surface area contributed by atoms with Crippen LogP contribution in [0.5, 0.6) is 0 Å². The minimum atomic E-state index is 0.971. The molecule has 0 fully saturated rings. The van der Waals surface area contributed by atoms with Gasteiger partial charge >= 0.3 is 0 Å². The lowest BCUT2D eigenvalue weighted by Crippen LogP contribution is -2.12. The van der Waals surface area contributed by atoms with Gasteiger partial charge in [0.1, 0.15) is 0 Å². The van der Waals surface area contributed by atoms with E-state index >= 15 is 0 Å². The largest absolute Gasteiger partial charge is 0.361 e. The van der Waals surface area contributed by atoms with Crippen molar-refractivity contribution in [2.24, 2.45) is 0 Å². The molecule has 2 aliphatic carbocycles. The van der Waals surface area contributed by atoms with E-state index in [4.69, 9.17) is 0 Å². The van der Waals surface area contributed by atoms with E-state index < -0.39 is 0 Å². The third kappa shape index (κ3) is 2.32. The van der Waals surface area contributed by atoms with Crippen LogP contribution in [-0.4, -0.2) is 0 Å². The van der Waals surface area contributed by atoms with Crippen molar-refractivity contribution in [1.82, 2.24) is 5.32 Å². The Morgan fingerprint density at radius 1 is 0.680 bits per heavy atom. The third-order valence-corrected chi connectivity index (χ3v) is 5.21. The van der Waals surface area contributed by atoms with Gasteiger partial charge in [0, 0.05) is 17.5 Å². The zero-order valence-corrected chi connectivity index (χ0v) is 14.0. The highest BCUT2D eigenvalue weighted by Crippen LogP contribution is 2.43. The summed E-state index contributed by atoms with van der Waals surface area (Å²) in [5.74, 6) is 0. The van der Waals surface area contributed by atoms with Crippen molar-refractivity contribution in [2.45, 2.75) is 12.8 Å². The molecule has 1 heterocycles. The van der Waals surface area contributed by atoms with Crippen LogP contribution in [0.15, 0.2) is 85.1 Å². The lowest BCUT2D eigenvalue weighted by Gasteiger charge is -2.28. The van der Waals surface area contributed by atoms with Crippen LogP contribution in [0.2, 0.25) is 0 Å². The molecule has 25 heavy (non-hydrogen) atoms. The maximum atomic E-state index is 3.41. The van der Waals surface area contributed by atoms with Crippen LogP contribution in [-0.2, 0) is 12.8 Å². The molecule has 0 saturated carbocycles. The summed E-state index contributed by atoms with van der Waals surface area (Å²) in [6, 6.07) is 15.5. The number of nitrogens with one attached hydrogen (secondary N) is 1. The molecule has 120 valence electrons. The molecule has 0 atom stereocenters. The Morgan fingerprint density at radius 2 is 1.48 bits per heavy atom. The molecule has 0 aromatic heterocycles. The van der Waals surface area contributed by atoms with Gasteiger partial charge < -0.3 is 5.32 Å². The molecule has 5 rings (SSSR count). The zero-order valence-electron chi connectivity index (χ0n) is 14.0. The van der Waals surface area contributed by atoms with Crippen LogP contribution in [0.25, 0.3) is 16.8 Å². The van der Waals surface area contributed by atoms with Crippen molar-refractivity contribution in [3.63, 3.8) is 0 Å². The number of allylic oxidation sites excluding steroid dienone is 8. The molecule has 0 saturated heterocycles. The Balaban J connectivity index is 1.64. The van der Waals surface area contributed by atoms with Crippen molar-refractivity contribution in [3.05, 3.63) is 113 Å². The molecule has 1 N–H and O–H groups in total. The van der Waals surface area contributed by atoms with E-state index in [9.17, 15) is 0 Å². The molecule has 2 aromatic rings. The average Bonchev–Trinajstić information content (AvgIpc) is 2.96. The van der Waals surface area contributed by atoms with Gasteiger partial charge in [-0.25, -0.2) is 0 Å². The topological polar surface area (TPSA) is 12.0 Å². The van der Waals surface area contributed by atoms with Gasteiger partial charge in [-0.2, -0.15) is 0 Å². The van der Waals surface area contributed by atoms with Crippen LogP contribution in [0, 0.1) is 0 Å². The van der Waals surface area contributed by atoms with Crippen LogP contribution >= 0.6 is 0 Å². The summed E-state index contributed by atoms with van der Waals surface area (Å²) in [6.07, 6.45) is 17.1. The Labute approximate surface area is 148 Å². The summed E-state index contributed by atoms with van der Waals surface area (Å²) in [7, 11) is 0. The first kappa shape index (κ1) is 14.3. The van der Waals surface area contributed by atoms with Crippen LogP contribution in [0.3, 0.4) is 0 Å². The Bertz CT molecular complexity index is 1010. The lowest BCUT2D eigenvalue weighted by atomic mass is 9.77. The summed E-state index contributed by atoms with van der Waals surface area (Å²) in [4.78, 5) is 0. The Kier molecular flexibility index (Phi) is 3.31. The molecule has 0 amide bonds. The second-order valence-electron chi connectivity index (χ2n) is 6.60. The SMILES string of the molecule is C1=CC=C(c2cccc3c2CC=C2C3=CCc3ccccc32)NC=C1. The molecule has 2 aromatic carbocycles. The molecule has 1 aliphatic heterocycles. The van der Waals surface area contributed by atoms with Crippen molar-refractivity contribution in [1.29, 1.82) is 0 Å². The van der Waals surface area contributed by atoms with Gasteiger partial charge in [0.2, 0.25) is 0 Å². The van der Waals surface area contributed by atoms with Crippen molar-refractivity contribution in [2.75, 3.05) is 0 Å². The van der Waals surface area contributed by atoms with Gasteiger partial charge in [-0.15, -0.1) is 0 Å². The molecule has 3 aliphatic rings. The molecule has 1 nitrogen and oxygen atoms in total. The van der Waals surface area contributed by atoms with E-state index in [1.54, 1.807) is 0 Å². The molecule has 0 spiro atoms. The molecule has 0 bridgehead atoms. The summed E-state index contributed by atoms with van der Waals surface area (Å²) >= 11 is 0. The van der Waals surface area contributed by atoms with Crippen LogP contribution in [0.1, 0.15) is 27.8 Å². The first-order valence-corrected chi connectivity index (χ1v) is 8.83. The lowest BCUT2D eigenvalue weighted by molar-refractivity contribution is 1.14. The maximum absolute atomic E-state index is 3.41. The van der Waals surface area contributed by atoms with Gasteiger partial charge in [-0.3, -0.25) is 0 Å². The van der Waals surface area contributed by atoms with Gasteiger partial charge in [-0.05, 0) is 58.4 Å². The van der Waals surface area contributed by atoms with E-state index in [0.29, 0.717) is 0 Å². The highest BCUT2D eigenvalue weighted by atomic mass is 14.8. The quantitative estimate of drug-likeness (QED) is 0.753. The molecular weight excluding hydrogens is 302 g/mol. The summed E-state index contributed by atoms with van der Waals surface area (Å²) < 4.78 is 0. The monoisotopic (exact) mass is 321 g/mol. The molecule has 1 heteroatoms. The van der Waals surface area contributed by atoms with Crippen LogP contribution in [0.4, 0.5) is 0 Å². The number of rotatable bonds is 1.